The standard InChI is InChI=1S/C11H10N4S2/c16-10-3-1-8(13-14-10)9-2-4-11(17-9)15-6-5-12-7-15/h2,4-7H,1,3H2,(H,14,16). The molecule has 0 aromatic carbocycles. The van der Waals surface area contributed by atoms with E-state index in [1.807, 2.05) is 10.8 Å². The number of thiol groups is 1. The van der Waals surface area contributed by atoms with Gasteiger partial charge in [-0.25, -0.2) is 4.98 Å². The third-order valence-electron chi connectivity index (χ3n) is 2.51. The highest BCUT2D eigenvalue weighted by atomic mass is 32.1. The maximum atomic E-state index is 4.20. The number of hydrogen-bond donors (Lipinski definition) is 1. The Morgan fingerprint density at radius 2 is 2.18 bits per heavy atom. The summed E-state index contributed by atoms with van der Waals surface area (Å²) in [6, 6.07) is 4.15. The van der Waals surface area contributed by atoms with Crippen molar-refractivity contribution in [3.05, 3.63) is 35.7 Å². The van der Waals surface area contributed by atoms with Gasteiger partial charge < -0.3 is 0 Å². The zero-order valence-electron chi connectivity index (χ0n) is 8.95. The Balaban J connectivity index is 1.91. The molecule has 0 fully saturated rings. The second-order valence-electron chi connectivity index (χ2n) is 3.67. The average molecular weight is 262 g/mol. The van der Waals surface area contributed by atoms with Crippen molar-refractivity contribution < 1.29 is 0 Å². The van der Waals surface area contributed by atoms with Gasteiger partial charge in [0, 0.05) is 18.8 Å². The maximum Gasteiger partial charge on any atom is 0.101 e. The minimum Gasteiger partial charge on any atom is -0.298 e. The van der Waals surface area contributed by atoms with Crippen LogP contribution in [0, 0.1) is 0 Å². The fraction of sp³-hybridized carbons (Fsp3) is 0.182. The van der Waals surface area contributed by atoms with Crippen molar-refractivity contribution in [2.75, 3.05) is 0 Å². The molecule has 1 aliphatic rings. The smallest absolute Gasteiger partial charge is 0.101 e. The normalized spacial score (nSPS) is 15.6. The summed E-state index contributed by atoms with van der Waals surface area (Å²) in [5.41, 5.74) is 1.04. The van der Waals surface area contributed by atoms with Crippen LogP contribution in [-0.2, 0) is 0 Å². The molecule has 0 bridgehead atoms. The molecule has 0 saturated heterocycles. The van der Waals surface area contributed by atoms with E-state index in [9.17, 15) is 0 Å². The summed E-state index contributed by atoms with van der Waals surface area (Å²) in [7, 11) is 0. The Morgan fingerprint density at radius 3 is 2.88 bits per heavy atom. The number of imidazole rings is 1. The van der Waals surface area contributed by atoms with Crippen molar-refractivity contribution in [2.45, 2.75) is 12.8 Å². The Hall–Kier alpha value is -1.40. The molecular formula is C11H10N4S2. The monoisotopic (exact) mass is 262 g/mol. The van der Waals surface area contributed by atoms with Crippen LogP contribution < -0.4 is 0 Å². The van der Waals surface area contributed by atoms with Gasteiger partial charge in [-0.05, 0) is 18.6 Å². The van der Waals surface area contributed by atoms with Crippen molar-refractivity contribution in [3.8, 4) is 5.00 Å². The van der Waals surface area contributed by atoms with Crippen molar-refractivity contribution in [2.24, 2.45) is 10.2 Å². The Bertz CT molecular complexity index is 580. The van der Waals surface area contributed by atoms with Crippen molar-refractivity contribution in [1.29, 1.82) is 0 Å². The molecule has 6 heteroatoms. The predicted molar refractivity (Wildman–Crippen MR) is 73.6 cm³/mol. The van der Waals surface area contributed by atoms with Gasteiger partial charge in [0.1, 0.15) is 5.00 Å². The molecule has 2 aromatic heterocycles. The molecule has 17 heavy (non-hydrogen) atoms. The zero-order chi connectivity index (χ0) is 11.7. The first-order chi connectivity index (χ1) is 8.33. The number of aromatic nitrogens is 2. The SMILES string of the molecule is SC1=NN=C(c2ccc(-n3ccnc3)s2)CC1. The van der Waals surface area contributed by atoms with Gasteiger partial charge in [-0.1, -0.05) is 0 Å². The van der Waals surface area contributed by atoms with Crippen LogP contribution >= 0.6 is 24.0 Å². The molecule has 3 rings (SSSR count). The predicted octanol–water partition coefficient (Wildman–Crippen LogP) is 2.76. The summed E-state index contributed by atoms with van der Waals surface area (Å²) >= 11 is 5.90. The Morgan fingerprint density at radius 1 is 1.24 bits per heavy atom. The molecule has 1 aliphatic heterocycles. The van der Waals surface area contributed by atoms with E-state index >= 15 is 0 Å². The molecule has 0 amide bonds. The third kappa shape index (κ3) is 2.18. The summed E-state index contributed by atoms with van der Waals surface area (Å²) in [5.74, 6) is 0. The number of thiophene rings is 1. The molecule has 3 heterocycles. The molecule has 0 atom stereocenters. The molecule has 86 valence electrons. The van der Waals surface area contributed by atoms with Crippen LogP contribution in [0.5, 0.6) is 0 Å². The summed E-state index contributed by atoms with van der Waals surface area (Å²) in [5, 5.41) is 10.2. The lowest BCUT2D eigenvalue weighted by Gasteiger charge is -2.06. The second kappa shape index (κ2) is 4.46. The van der Waals surface area contributed by atoms with Crippen LogP contribution in [-0.4, -0.2) is 20.3 Å². The first kappa shape index (κ1) is 10.7. The summed E-state index contributed by atoms with van der Waals surface area (Å²) < 4.78 is 1.99. The van der Waals surface area contributed by atoms with E-state index in [0.717, 1.165) is 28.6 Å². The first-order valence-corrected chi connectivity index (χ1v) is 6.50. The van der Waals surface area contributed by atoms with Gasteiger partial charge in [-0.15, -0.1) is 29.1 Å². The summed E-state index contributed by atoms with van der Waals surface area (Å²) in [6.07, 6.45) is 7.28. The molecule has 2 aromatic rings. The fourth-order valence-corrected chi connectivity index (χ4v) is 2.76. The molecule has 0 aliphatic carbocycles. The largest absolute Gasteiger partial charge is 0.298 e. The number of hydrogen-bond acceptors (Lipinski definition) is 4. The van der Waals surface area contributed by atoms with Gasteiger partial charge in [0.2, 0.25) is 0 Å². The van der Waals surface area contributed by atoms with E-state index in [2.05, 4.69) is 39.9 Å². The highest BCUT2D eigenvalue weighted by Crippen LogP contribution is 2.24. The molecular weight excluding hydrogens is 252 g/mol. The van der Waals surface area contributed by atoms with E-state index in [1.165, 1.54) is 4.88 Å². The first-order valence-electron chi connectivity index (χ1n) is 5.24. The second-order valence-corrected chi connectivity index (χ2v) is 5.25. The van der Waals surface area contributed by atoms with Crippen molar-refractivity contribution in [1.82, 2.24) is 9.55 Å². The topological polar surface area (TPSA) is 42.5 Å². The molecule has 0 N–H and O–H groups in total. The van der Waals surface area contributed by atoms with Gasteiger partial charge in [-0.2, -0.15) is 5.10 Å². The summed E-state index contributed by atoms with van der Waals surface area (Å²) in [6.45, 7) is 0. The quantitative estimate of drug-likeness (QED) is 0.831. The zero-order valence-corrected chi connectivity index (χ0v) is 10.7. The maximum absolute atomic E-state index is 4.20. The van der Waals surface area contributed by atoms with Gasteiger partial charge in [0.15, 0.2) is 0 Å². The van der Waals surface area contributed by atoms with Crippen LogP contribution in [0.4, 0.5) is 0 Å². The molecule has 0 radical (unpaired) electrons. The Labute approximate surface area is 108 Å². The van der Waals surface area contributed by atoms with Crippen LogP contribution in [0.2, 0.25) is 0 Å². The molecule has 0 spiro atoms. The fourth-order valence-electron chi connectivity index (χ4n) is 1.63. The third-order valence-corrected chi connectivity index (χ3v) is 3.97. The van der Waals surface area contributed by atoms with E-state index in [-0.39, 0.29) is 0 Å². The molecule has 0 unspecified atom stereocenters. The summed E-state index contributed by atoms with van der Waals surface area (Å²) in [4.78, 5) is 5.20. The van der Waals surface area contributed by atoms with E-state index < -0.39 is 0 Å². The highest BCUT2D eigenvalue weighted by Gasteiger charge is 2.12. The lowest BCUT2D eigenvalue weighted by molar-refractivity contribution is 1.06. The molecule has 4 nitrogen and oxygen atoms in total. The van der Waals surface area contributed by atoms with Gasteiger partial charge in [-0.3, -0.25) is 4.57 Å². The minimum atomic E-state index is 0.806. The minimum absolute atomic E-state index is 0.806. The average Bonchev–Trinajstić information content (AvgIpc) is 3.00. The van der Waals surface area contributed by atoms with Crippen LogP contribution in [0.1, 0.15) is 17.7 Å². The van der Waals surface area contributed by atoms with Crippen molar-refractivity contribution in [3.63, 3.8) is 0 Å². The van der Waals surface area contributed by atoms with Crippen molar-refractivity contribution >= 4 is 34.7 Å². The van der Waals surface area contributed by atoms with Crippen LogP contribution in [0.3, 0.4) is 0 Å². The van der Waals surface area contributed by atoms with Crippen LogP contribution in [0.15, 0.2) is 41.1 Å². The van der Waals surface area contributed by atoms with Gasteiger partial charge >= 0.3 is 0 Å². The number of nitrogens with zero attached hydrogens (tertiary/aromatic N) is 4. The van der Waals surface area contributed by atoms with E-state index in [1.54, 1.807) is 23.9 Å². The van der Waals surface area contributed by atoms with E-state index in [0.29, 0.717) is 0 Å². The van der Waals surface area contributed by atoms with Gasteiger partial charge in [0.05, 0.1) is 22.0 Å². The number of rotatable bonds is 2. The molecule has 0 saturated carbocycles. The lowest BCUT2D eigenvalue weighted by Crippen LogP contribution is -2.05. The highest BCUT2D eigenvalue weighted by molar-refractivity contribution is 7.97. The lowest BCUT2D eigenvalue weighted by atomic mass is 10.2. The van der Waals surface area contributed by atoms with Crippen LogP contribution in [0.25, 0.3) is 5.00 Å². The van der Waals surface area contributed by atoms with Gasteiger partial charge in [0.25, 0.3) is 0 Å². The Kier molecular flexibility index (Phi) is 2.82. The van der Waals surface area contributed by atoms with E-state index in [4.69, 9.17) is 0 Å².